The van der Waals surface area contributed by atoms with Crippen LogP contribution in [0.25, 0.3) is 0 Å². The second kappa shape index (κ2) is 7.34. The molecular weight excluding hydrogens is 212 g/mol. The van der Waals surface area contributed by atoms with Crippen molar-refractivity contribution in [1.82, 2.24) is 10.2 Å². The number of ether oxygens (including phenoxy) is 1. The standard InChI is InChI=1S/C14H30N2O/c1-5-8-15-10-13-7-9-16(11-13)12-14(3,4)17-6-2/h13,15H,5-12H2,1-4H3. The smallest absolute Gasteiger partial charge is 0.0752 e. The third-order valence-electron chi connectivity index (χ3n) is 3.37. The first-order valence-electron chi connectivity index (χ1n) is 7.14. The van der Waals surface area contributed by atoms with Crippen molar-refractivity contribution >= 4 is 0 Å². The molecule has 1 atom stereocenters. The number of hydrogen-bond donors (Lipinski definition) is 1. The van der Waals surface area contributed by atoms with Crippen LogP contribution in [0.3, 0.4) is 0 Å². The lowest BCUT2D eigenvalue weighted by atomic mass is 10.1. The molecular formula is C14H30N2O. The lowest BCUT2D eigenvalue weighted by molar-refractivity contribution is -0.0307. The van der Waals surface area contributed by atoms with Crippen molar-refractivity contribution in [1.29, 1.82) is 0 Å². The van der Waals surface area contributed by atoms with Crippen LogP contribution in [0.2, 0.25) is 0 Å². The second-order valence-corrected chi connectivity index (χ2v) is 5.79. The molecule has 0 aromatic heterocycles. The normalized spacial score (nSPS) is 22.2. The van der Waals surface area contributed by atoms with E-state index in [4.69, 9.17) is 4.74 Å². The number of hydrogen-bond acceptors (Lipinski definition) is 3. The highest BCUT2D eigenvalue weighted by Gasteiger charge is 2.27. The van der Waals surface area contributed by atoms with Gasteiger partial charge in [-0.15, -0.1) is 0 Å². The van der Waals surface area contributed by atoms with Crippen LogP contribution in [0.5, 0.6) is 0 Å². The van der Waals surface area contributed by atoms with Gasteiger partial charge in [-0.25, -0.2) is 0 Å². The largest absolute Gasteiger partial charge is 0.375 e. The maximum absolute atomic E-state index is 5.77. The van der Waals surface area contributed by atoms with Crippen LogP contribution in [0.15, 0.2) is 0 Å². The molecule has 3 nitrogen and oxygen atoms in total. The van der Waals surface area contributed by atoms with Gasteiger partial charge in [0.1, 0.15) is 0 Å². The van der Waals surface area contributed by atoms with Gasteiger partial charge in [0.25, 0.3) is 0 Å². The zero-order valence-electron chi connectivity index (χ0n) is 12.1. The molecule has 0 radical (unpaired) electrons. The van der Waals surface area contributed by atoms with E-state index in [0.717, 1.165) is 25.6 Å². The van der Waals surface area contributed by atoms with Crippen molar-refractivity contribution in [2.45, 2.75) is 46.1 Å². The minimum atomic E-state index is 0.000483. The fourth-order valence-corrected chi connectivity index (χ4v) is 2.68. The van der Waals surface area contributed by atoms with Gasteiger partial charge in [-0.05, 0) is 59.2 Å². The zero-order chi connectivity index (χ0) is 12.7. The second-order valence-electron chi connectivity index (χ2n) is 5.79. The highest BCUT2D eigenvalue weighted by atomic mass is 16.5. The van der Waals surface area contributed by atoms with Crippen molar-refractivity contribution in [2.75, 3.05) is 39.3 Å². The van der Waals surface area contributed by atoms with Crippen molar-refractivity contribution < 1.29 is 4.74 Å². The number of nitrogens with zero attached hydrogens (tertiary/aromatic N) is 1. The van der Waals surface area contributed by atoms with Gasteiger partial charge in [-0.3, -0.25) is 0 Å². The molecule has 3 heteroatoms. The molecule has 1 saturated heterocycles. The molecule has 1 N–H and O–H groups in total. The molecule has 1 heterocycles. The van der Waals surface area contributed by atoms with Crippen molar-refractivity contribution in [3.8, 4) is 0 Å². The van der Waals surface area contributed by atoms with Gasteiger partial charge >= 0.3 is 0 Å². The average Bonchev–Trinajstić information content (AvgIpc) is 2.65. The fraction of sp³-hybridized carbons (Fsp3) is 1.00. The minimum Gasteiger partial charge on any atom is -0.375 e. The summed E-state index contributed by atoms with van der Waals surface area (Å²) >= 11 is 0. The first-order chi connectivity index (χ1) is 8.07. The van der Waals surface area contributed by atoms with Gasteiger partial charge in [0.15, 0.2) is 0 Å². The van der Waals surface area contributed by atoms with Gasteiger partial charge in [0.05, 0.1) is 5.60 Å². The summed E-state index contributed by atoms with van der Waals surface area (Å²) in [6.45, 7) is 15.3. The molecule has 1 unspecified atom stereocenters. The first kappa shape index (κ1) is 14.9. The summed E-state index contributed by atoms with van der Waals surface area (Å²) in [5, 5.41) is 3.53. The first-order valence-corrected chi connectivity index (χ1v) is 7.14. The number of likely N-dealkylation sites (tertiary alicyclic amines) is 1. The van der Waals surface area contributed by atoms with Gasteiger partial charge < -0.3 is 15.0 Å². The molecule has 1 aliphatic rings. The molecule has 0 bridgehead atoms. The molecule has 0 aromatic carbocycles. The molecule has 1 rings (SSSR count). The van der Waals surface area contributed by atoms with Gasteiger partial charge in [-0.2, -0.15) is 0 Å². The Hall–Kier alpha value is -0.120. The van der Waals surface area contributed by atoms with Crippen LogP contribution in [0.1, 0.15) is 40.5 Å². The predicted octanol–water partition coefficient (Wildman–Crippen LogP) is 2.12. The van der Waals surface area contributed by atoms with Crippen LogP contribution in [-0.2, 0) is 4.74 Å². The topological polar surface area (TPSA) is 24.5 Å². The van der Waals surface area contributed by atoms with Crippen LogP contribution < -0.4 is 5.32 Å². The summed E-state index contributed by atoms with van der Waals surface area (Å²) in [7, 11) is 0. The SMILES string of the molecule is CCCNCC1CCN(CC(C)(C)OCC)C1. The van der Waals surface area contributed by atoms with Gasteiger partial charge in [-0.1, -0.05) is 6.92 Å². The van der Waals surface area contributed by atoms with E-state index in [1.54, 1.807) is 0 Å². The Morgan fingerprint density at radius 1 is 1.35 bits per heavy atom. The Labute approximate surface area is 107 Å². The molecule has 1 fully saturated rings. The molecule has 0 saturated carbocycles. The van der Waals surface area contributed by atoms with E-state index in [0.29, 0.717) is 0 Å². The van der Waals surface area contributed by atoms with Gasteiger partial charge in [0, 0.05) is 19.7 Å². The summed E-state index contributed by atoms with van der Waals surface area (Å²) in [6.07, 6.45) is 2.56. The maximum atomic E-state index is 5.77. The van der Waals surface area contributed by atoms with E-state index in [2.05, 4.69) is 37.9 Å². The Morgan fingerprint density at radius 3 is 2.76 bits per heavy atom. The summed E-state index contributed by atoms with van der Waals surface area (Å²) in [4.78, 5) is 2.55. The number of nitrogens with one attached hydrogen (secondary N) is 1. The van der Waals surface area contributed by atoms with E-state index in [1.165, 1.54) is 32.5 Å². The lowest BCUT2D eigenvalue weighted by Gasteiger charge is -2.30. The third-order valence-corrected chi connectivity index (χ3v) is 3.37. The van der Waals surface area contributed by atoms with Crippen LogP contribution in [-0.4, -0.2) is 49.8 Å². The molecule has 102 valence electrons. The predicted molar refractivity (Wildman–Crippen MR) is 73.4 cm³/mol. The highest BCUT2D eigenvalue weighted by Crippen LogP contribution is 2.19. The van der Waals surface area contributed by atoms with E-state index in [-0.39, 0.29) is 5.60 Å². The summed E-state index contributed by atoms with van der Waals surface area (Å²) < 4.78 is 5.77. The highest BCUT2D eigenvalue weighted by molar-refractivity contribution is 4.82. The minimum absolute atomic E-state index is 0.000483. The number of rotatable bonds is 8. The fourth-order valence-electron chi connectivity index (χ4n) is 2.68. The van der Waals surface area contributed by atoms with Crippen LogP contribution in [0.4, 0.5) is 0 Å². The molecule has 0 aliphatic carbocycles. The summed E-state index contributed by atoms with van der Waals surface area (Å²) in [5.74, 6) is 0.832. The summed E-state index contributed by atoms with van der Waals surface area (Å²) in [6, 6.07) is 0. The maximum Gasteiger partial charge on any atom is 0.0752 e. The van der Waals surface area contributed by atoms with E-state index in [9.17, 15) is 0 Å². The Bertz CT molecular complexity index is 206. The zero-order valence-corrected chi connectivity index (χ0v) is 12.1. The molecule has 0 spiro atoms. The van der Waals surface area contributed by atoms with Crippen molar-refractivity contribution in [2.24, 2.45) is 5.92 Å². The van der Waals surface area contributed by atoms with Crippen molar-refractivity contribution in [3.05, 3.63) is 0 Å². The summed E-state index contributed by atoms with van der Waals surface area (Å²) in [5.41, 5.74) is 0.000483. The Balaban J connectivity index is 2.21. The van der Waals surface area contributed by atoms with Crippen LogP contribution >= 0.6 is 0 Å². The molecule has 17 heavy (non-hydrogen) atoms. The molecule has 0 aromatic rings. The molecule has 0 amide bonds. The van der Waals surface area contributed by atoms with Crippen LogP contribution in [0, 0.1) is 5.92 Å². The van der Waals surface area contributed by atoms with E-state index in [1.807, 2.05) is 0 Å². The third kappa shape index (κ3) is 5.84. The van der Waals surface area contributed by atoms with E-state index >= 15 is 0 Å². The van der Waals surface area contributed by atoms with Gasteiger partial charge in [0.2, 0.25) is 0 Å². The lowest BCUT2D eigenvalue weighted by Crippen LogP contribution is -2.40. The van der Waals surface area contributed by atoms with E-state index < -0.39 is 0 Å². The quantitative estimate of drug-likeness (QED) is 0.660. The average molecular weight is 242 g/mol. The Kier molecular flexibility index (Phi) is 6.45. The van der Waals surface area contributed by atoms with Crippen molar-refractivity contribution in [3.63, 3.8) is 0 Å². The monoisotopic (exact) mass is 242 g/mol. The Morgan fingerprint density at radius 2 is 2.12 bits per heavy atom. The molecule has 1 aliphatic heterocycles.